The van der Waals surface area contributed by atoms with Gasteiger partial charge < -0.3 is 14.8 Å². The molecule has 0 spiro atoms. The van der Waals surface area contributed by atoms with Gasteiger partial charge in [0.05, 0.1) is 0 Å². The van der Waals surface area contributed by atoms with Crippen molar-refractivity contribution in [3.05, 3.63) is 65.5 Å². The first kappa shape index (κ1) is 17.9. The smallest absolute Gasteiger partial charge is 0.342 e. The van der Waals surface area contributed by atoms with E-state index in [2.05, 4.69) is 5.32 Å². The second-order valence-corrected chi connectivity index (χ2v) is 6.24. The molecule has 1 atom stereocenters. The van der Waals surface area contributed by atoms with E-state index in [9.17, 15) is 14.0 Å². The van der Waals surface area contributed by atoms with E-state index >= 15 is 0 Å². The number of hydrogen-bond acceptors (Lipinski definition) is 4. The summed E-state index contributed by atoms with van der Waals surface area (Å²) in [4.78, 5) is 24.3. The Morgan fingerprint density at radius 1 is 1.15 bits per heavy atom. The minimum Gasteiger partial charge on any atom is -0.488 e. The first-order valence-electron chi connectivity index (χ1n) is 8.50. The molecule has 0 aromatic heterocycles. The summed E-state index contributed by atoms with van der Waals surface area (Å²) in [5, 5.41) is 2.80. The fourth-order valence-electron chi connectivity index (χ4n) is 2.33. The van der Waals surface area contributed by atoms with Crippen molar-refractivity contribution in [3.63, 3.8) is 0 Å². The average Bonchev–Trinajstić information content (AvgIpc) is 3.45. The van der Waals surface area contributed by atoms with E-state index in [4.69, 9.17) is 9.47 Å². The van der Waals surface area contributed by atoms with Gasteiger partial charge in [0, 0.05) is 6.04 Å². The molecule has 1 aliphatic rings. The van der Waals surface area contributed by atoms with Gasteiger partial charge in [0.15, 0.2) is 6.10 Å². The second kappa shape index (κ2) is 7.99. The van der Waals surface area contributed by atoms with Crippen LogP contribution in [0.3, 0.4) is 0 Å². The number of para-hydroxylation sites is 1. The van der Waals surface area contributed by atoms with Crippen LogP contribution in [0.4, 0.5) is 4.39 Å². The van der Waals surface area contributed by atoms with Gasteiger partial charge in [-0.05, 0) is 49.6 Å². The zero-order valence-corrected chi connectivity index (χ0v) is 14.4. The second-order valence-electron chi connectivity index (χ2n) is 6.24. The summed E-state index contributed by atoms with van der Waals surface area (Å²) in [5.74, 6) is -0.906. The molecule has 26 heavy (non-hydrogen) atoms. The third kappa shape index (κ3) is 4.81. The number of halogens is 1. The van der Waals surface area contributed by atoms with Crippen molar-refractivity contribution >= 4 is 11.9 Å². The maximum absolute atomic E-state index is 13.0. The van der Waals surface area contributed by atoms with Crippen LogP contribution < -0.4 is 10.1 Å². The SMILES string of the molecule is C[C@@H](OC(=O)c1ccccc1OCc1ccc(F)cc1)C(=O)NC1CC1. The lowest BCUT2D eigenvalue weighted by atomic mass is 10.2. The molecule has 2 aromatic rings. The molecule has 0 bridgehead atoms. The Bertz CT molecular complexity index is 787. The molecule has 0 aliphatic heterocycles. The molecule has 0 heterocycles. The van der Waals surface area contributed by atoms with Crippen LogP contribution in [-0.2, 0) is 16.1 Å². The Kier molecular flexibility index (Phi) is 5.51. The zero-order valence-electron chi connectivity index (χ0n) is 14.4. The third-order valence-electron chi connectivity index (χ3n) is 3.99. The van der Waals surface area contributed by atoms with Gasteiger partial charge in [-0.3, -0.25) is 4.79 Å². The zero-order chi connectivity index (χ0) is 18.5. The van der Waals surface area contributed by atoms with Crippen LogP contribution in [0.2, 0.25) is 0 Å². The molecular weight excluding hydrogens is 337 g/mol. The van der Waals surface area contributed by atoms with Gasteiger partial charge in [-0.1, -0.05) is 24.3 Å². The van der Waals surface area contributed by atoms with E-state index in [-0.39, 0.29) is 29.9 Å². The van der Waals surface area contributed by atoms with Crippen molar-refractivity contribution in [3.8, 4) is 5.75 Å². The molecule has 1 amide bonds. The van der Waals surface area contributed by atoms with E-state index in [0.717, 1.165) is 18.4 Å². The van der Waals surface area contributed by atoms with E-state index < -0.39 is 12.1 Å². The maximum Gasteiger partial charge on any atom is 0.342 e. The summed E-state index contributed by atoms with van der Waals surface area (Å²) < 4.78 is 23.9. The molecule has 0 saturated heterocycles. The monoisotopic (exact) mass is 357 g/mol. The molecular formula is C20H20FNO4. The van der Waals surface area contributed by atoms with Crippen molar-refractivity contribution in [1.82, 2.24) is 5.32 Å². The Labute approximate surface area is 151 Å². The number of carbonyl (C=O) groups is 2. The number of nitrogens with one attached hydrogen (secondary N) is 1. The summed E-state index contributed by atoms with van der Waals surface area (Å²) in [6.45, 7) is 1.72. The predicted octanol–water partition coefficient (Wildman–Crippen LogP) is 3.23. The summed E-state index contributed by atoms with van der Waals surface area (Å²) in [7, 11) is 0. The van der Waals surface area contributed by atoms with Crippen LogP contribution in [0.1, 0.15) is 35.7 Å². The molecule has 0 radical (unpaired) electrons. The lowest BCUT2D eigenvalue weighted by Gasteiger charge is -2.15. The summed E-state index contributed by atoms with van der Waals surface area (Å²) >= 11 is 0. The van der Waals surface area contributed by atoms with Crippen molar-refractivity contribution in [2.45, 2.75) is 38.5 Å². The van der Waals surface area contributed by atoms with Crippen LogP contribution >= 0.6 is 0 Å². The minimum absolute atomic E-state index is 0.183. The molecule has 136 valence electrons. The van der Waals surface area contributed by atoms with Crippen LogP contribution in [0.15, 0.2) is 48.5 Å². The summed E-state index contributed by atoms with van der Waals surface area (Å²) in [5.41, 5.74) is 1.01. The molecule has 0 unspecified atom stereocenters. The molecule has 5 nitrogen and oxygen atoms in total. The van der Waals surface area contributed by atoms with E-state index in [0.29, 0.717) is 5.75 Å². The van der Waals surface area contributed by atoms with Gasteiger partial charge in [-0.2, -0.15) is 0 Å². The first-order chi connectivity index (χ1) is 12.5. The van der Waals surface area contributed by atoms with Gasteiger partial charge in [0.1, 0.15) is 23.7 Å². The van der Waals surface area contributed by atoms with E-state index in [1.807, 2.05) is 0 Å². The Morgan fingerprint density at radius 2 is 1.85 bits per heavy atom. The van der Waals surface area contributed by atoms with Crippen molar-refractivity contribution in [2.24, 2.45) is 0 Å². The highest BCUT2D eigenvalue weighted by atomic mass is 19.1. The number of carbonyl (C=O) groups excluding carboxylic acids is 2. The molecule has 2 aromatic carbocycles. The number of benzene rings is 2. The van der Waals surface area contributed by atoms with Crippen molar-refractivity contribution < 1.29 is 23.5 Å². The molecule has 1 saturated carbocycles. The fourth-order valence-corrected chi connectivity index (χ4v) is 2.33. The van der Waals surface area contributed by atoms with Gasteiger partial charge in [0.2, 0.25) is 0 Å². The predicted molar refractivity (Wildman–Crippen MR) is 93.2 cm³/mol. The van der Waals surface area contributed by atoms with Gasteiger partial charge in [-0.25, -0.2) is 9.18 Å². The summed E-state index contributed by atoms with van der Waals surface area (Å²) in [6.07, 6.45) is 1.05. The molecule has 1 N–H and O–H groups in total. The number of ether oxygens (including phenoxy) is 2. The van der Waals surface area contributed by atoms with Gasteiger partial charge in [0.25, 0.3) is 5.91 Å². The minimum atomic E-state index is -0.881. The highest BCUT2D eigenvalue weighted by molar-refractivity contribution is 5.94. The Hall–Kier alpha value is -2.89. The average molecular weight is 357 g/mol. The topological polar surface area (TPSA) is 64.6 Å². The van der Waals surface area contributed by atoms with Gasteiger partial charge in [-0.15, -0.1) is 0 Å². The standard InChI is InChI=1S/C20H20FNO4/c1-13(19(23)22-16-10-11-16)26-20(24)17-4-2-3-5-18(17)25-12-14-6-8-15(21)9-7-14/h2-9,13,16H,10-12H2,1H3,(H,22,23)/t13-/m1/s1. The fraction of sp³-hybridized carbons (Fsp3) is 0.300. The third-order valence-corrected chi connectivity index (χ3v) is 3.99. The lowest BCUT2D eigenvalue weighted by molar-refractivity contribution is -0.129. The molecule has 3 rings (SSSR count). The highest BCUT2D eigenvalue weighted by Gasteiger charge is 2.28. The number of hydrogen-bond donors (Lipinski definition) is 1. The maximum atomic E-state index is 13.0. The Balaban J connectivity index is 1.62. The van der Waals surface area contributed by atoms with E-state index in [1.165, 1.54) is 19.1 Å². The van der Waals surface area contributed by atoms with Crippen LogP contribution in [0.25, 0.3) is 0 Å². The number of rotatable bonds is 7. The quantitative estimate of drug-likeness (QED) is 0.773. The van der Waals surface area contributed by atoms with E-state index in [1.54, 1.807) is 36.4 Å². The largest absolute Gasteiger partial charge is 0.488 e. The van der Waals surface area contributed by atoms with Crippen LogP contribution in [0.5, 0.6) is 5.75 Å². The number of esters is 1. The van der Waals surface area contributed by atoms with Crippen LogP contribution in [0, 0.1) is 5.82 Å². The normalized spacial score (nSPS) is 14.4. The summed E-state index contributed by atoms with van der Waals surface area (Å²) in [6, 6.07) is 12.8. The Morgan fingerprint density at radius 3 is 2.54 bits per heavy atom. The highest BCUT2D eigenvalue weighted by Crippen LogP contribution is 2.22. The molecule has 6 heteroatoms. The molecule has 1 aliphatic carbocycles. The van der Waals surface area contributed by atoms with Crippen molar-refractivity contribution in [2.75, 3.05) is 0 Å². The van der Waals surface area contributed by atoms with Crippen molar-refractivity contribution in [1.29, 1.82) is 0 Å². The van der Waals surface area contributed by atoms with Crippen LogP contribution in [-0.4, -0.2) is 24.0 Å². The molecule has 1 fully saturated rings. The number of amides is 1. The van der Waals surface area contributed by atoms with Gasteiger partial charge >= 0.3 is 5.97 Å². The lowest BCUT2D eigenvalue weighted by Crippen LogP contribution is -2.37. The first-order valence-corrected chi connectivity index (χ1v) is 8.50.